The van der Waals surface area contributed by atoms with Crippen molar-refractivity contribution >= 4 is 44.8 Å². The van der Waals surface area contributed by atoms with Gasteiger partial charge in [-0.15, -0.1) is 11.3 Å². The molecule has 3 rings (SSSR count). The lowest BCUT2D eigenvalue weighted by molar-refractivity contribution is 0.774. The van der Waals surface area contributed by atoms with Gasteiger partial charge in [-0.3, -0.25) is 0 Å². The number of nitrogens with zero attached hydrogens (tertiary/aromatic N) is 7. The van der Waals surface area contributed by atoms with Crippen LogP contribution in [0, 0.1) is 0 Å². The summed E-state index contributed by atoms with van der Waals surface area (Å²) in [5, 5.41) is 6.13. The molecule has 3 aromatic rings. The van der Waals surface area contributed by atoms with Crippen LogP contribution in [0.3, 0.4) is 0 Å². The van der Waals surface area contributed by atoms with Crippen LogP contribution >= 0.6 is 38.9 Å². The van der Waals surface area contributed by atoms with Crippen LogP contribution in [0.1, 0.15) is 4.88 Å². The van der Waals surface area contributed by atoms with Crippen molar-refractivity contribution in [1.82, 2.24) is 29.7 Å². The third-order valence-electron chi connectivity index (χ3n) is 2.56. The van der Waals surface area contributed by atoms with Gasteiger partial charge >= 0.3 is 0 Å². The minimum atomic E-state index is 0.115. The predicted octanol–water partition coefficient (Wildman–Crippen LogP) is 2.57. The Morgan fingerprint density at radius 3 is 2.90 bits per heavy atom. The first-order chi connectivity index (χ1) is 10.1. The molecule has 0 unspecified atom stereocenters. The largest absolute Gasteiger partial charge is 0.339 e. The molecule has 7 nitrogen and oxygen atoms in total. The van der Waals surface area contributed by atoms with E-state index in [1.807, 2.05) is 17.3 Å². The summed E-state index contributed by atoms with van der Waals surface area (Å²) in [6, 6.07) is 2.06. The molecule has 10 heteroatoms. The first-order valence-corrected chi connectivity index (χ1v) is 7.87. The van der Waals surface area contributed by atoms with Gasteiger partial charge in [-0.25, -0.2) is 4.98 Å². The molecule has 0 amide bonds. The molecule has 0 bridgehead atoms. The van der Waals surface area contributed by atoms with Crippen LogP contribution in [0.5, 0.6) is 0 Å². The number of halogens is 2. The van der Waals surface area contributed by atoms with Crippen LogP contribution in [-0.4, -0.2) is 36.8 Å². The second-order valence-electron chi connectivity index (χ2n) is 4.13. The Hall–Kier alpha value is -1.58. The molecule has 0 radical (unpaired) electrons. The molecule has 21 heavy (non-hydrogen) atoms. The Labute approximate surface area is 137 Å². The Balaban J connectivity index is 1.87. The highest BCUT2D eigenvalue weighted by molar-refractivity contribution is 9.10. The van der Waals surface area contributed by atoms with Gasteiger partial charge in [-0.2, -0.15) is 24.7 Å². The highest BCUT2D eigenvalue weighted by atomic mass is 79.9. The van der Waals surface area contributed by atoms with Gasteiger partial charge in [0.15, 0.2) is 0 Å². The molecule has 0 atom stereocenters. The quantitative estimate of drug-likeness (QED) is 0.686. The average molecular weight is 387 g/mol. The zero-order chi connectivity index (χ0) is 14.8. The first kappa shape index (κ1) is 14.4. The average Bonchev–Trinajstić information content (AvgIpc) is 3.10. The third-order valence-corrected chi connectivity index (χ3v) is 4.42. The van der Waals surface area contributed by atoms with Crippen LogP contribution < -0.4 is 4.90 Å². The van der Waals surface area contributed by atoms with E-state index in [1.165, 1.54) is 22.2 Å². The summed E-state index contributed by atoms with van der Waals surface area (Å²) in [7, 11) is 1.89. The van der Waals surface area contributed by atoms with E-state index < -0.39 is 0 Å². The summed E-state index contributed by atoms with van der Waals surface area (Å²) < 4.78 is 2.50. The molecule has 0 saturated heterocycles. The van der Waals surface area contributed by atoms with E-state index in [0.29, 0.717) is 18.4 Å². The lowest BCUT2D eigenvalue weighted by Gasteiger charge is -2.16. The van der Waals surface area contributed by atoms with Gasteiger partial charge in [-0.05, 0) is 33.6 Å². The van der Waals surface area contributed by atoms with E-state index in [-0.39, 0.29) is 5.28 Å². The second-order valence-corrected chi connectivity index (χ2v) is 6.38. The second kappa shape index (κ2) is 6.04. The molecule has 0 aliphatic rings. The number of hydrogen-bond donors (Lipinski definition) is 0. The van der Waals surface area contributed by atoms with E-state index in [9.17, 15) is 0 Å². The molecular formula is C11H9BrClN7S. The van der Waals surface area contributed by atoms with Crippen LogP contribution in [-0.2, 0) is 6.54 Å². The number of rotatable bonds is 4. The third kappa shape index (κ3) is 3.36. The summed E-state index contributed by atoms with van der Waals surface area (Å²) in [5.74, 6) is 0.812. The number of anilines is 1. The standard InChI is InChI=1S/C11H9BrClN7S/c1-19(3-8-2-7(12)4-21-8)10-16-9(13)17-11(18-10)20-6-14-5-15-20/h2,4-6H,3H2,1H3. The number of aromatic nitrogens is 6. The van der Waals surface area contributed by atoms with Crippen molar-refractivity contribution in [1.29, 1.82) is 0 Å². The number of hydrogen-bond acceptors (Lipinski definition) is 7. The zero-order valence-electron chi connectivity index (χ0n) is 10.8. The van der Waals surface area contributed by atoms with Gasteiger partial charge < -0.3 is 4.90 Å². The summed E-state index contributed by atoms with van der Waals surface area (Å²) in [6.45, 7) is 0.674. The van der Waals surface area contributed by atoms with E-state index in [0.717, 1.165) is 4.47 Å². The highest BCUT2D eigenvalue weighted by Crippen LogP contribution is 2.22. The number of thiophene rings is 1. The predicted molar refractivity (Wildman–Crippen MR) is 83.9 cm³/mol. The first-order valence-electron chi connectivity index (χ1n) is 5.82. The summed E-state index contributed by atoms with van der Waals surface area (Å²) >= 11 is 11.1. The molecule has 0 spiro atoms. The topological polar surface area (TPSA) is 72.6 Å². The van der Waals surface area contributed by atoms with Crippen molar-refractivity contribution in [3.8, 4) is 5.95 Å². The summed E-state index contributed by atoms with van der Waals surface area (Å²) in [6.07, 6.45) is 2.91. The lowest BCUT2D eigenvalue weighted by Crippen LogP contribution is -2.20. The smallest absolute Gasteiger partial charge is 0.258 e. The molecule has 0 aromatic carbocycles. The van der Waals surface area contributed by atoms with Crippen LogP contribution in [0.15, 0.2) is 28.6 Å². The van der Waals surface area contributed by atoms with Crippen molar-refractivity contribution < 1.29 is 0 Å². The van der Waals surface area contributed by atoms with Crippen LogP contribution in [0.4, 0.5) is 5.95 Å². The Morgan fingerprint density at radius 2 is 2.24 bits per heavy atom. The lowest BCUT2D eigenvalue weighted by atomic mass is 10.4. The van der Waals surface area contributed by atoms with Crippen molar-refractivity contribution in [3.05, 3.63) is 38.7 Å². The van der Waals surface area contributed by atoms with Crippen LogP contribution in [0.25, 0.3) is 5.95 Å². The molecule has 0 aliphatic heterocycles. The van der Waals surface area contributed by atoms with Gasteiger partial charge in [0.05, 0.1) is 6.54 Å². The maximum absolute atomic E-state index is 5.96. The zero-order valence-corrected chi connectivity index (χ0v) is 14.0. The summed E-state index contributed by atoms with van der Waals surface area (Å²) in [4.78, 5) is 19.5. The molecule has 0 saturated carbocycles. The van der Waals surface area contributed by atoms with Crippen molar-refractivity contribution in [2.45, 2.75) is 6.54 Å². The highest BCUT2D eigenvalue weighted by Gasteiger charge is 2.12. The fraction of sp³-hybridized carbons (Fsp3) is 0.182. The minimum Gasteiger partial charge on any atom is -0.339 e. The molecule has 3 heterocycles. The van der Waals surface area contributed by atoms with Gasteiger partial charge in [0.2, 0.25) is 11.2 Å². The molecule has 3 aromatic heterocycles. The Morgan fingerprint density at radius 1 is 1.38 bits per heavy atom. The van der Waals surface area contributed by atoms with Gasteiger partial charge in [0.25, 0.3) is 5.95 Å². The monoisotopic (exact) mass is 385 g/mol. The molecule has 0 N–H and O–H groups in total. The van der Waals surface area contributed by atoms with Gasteiger partial charge in [0.1, 0.15) is 12.7 Å². The molecule has 0 fully saturated rings. The van der Waals surface area contributed by atoms with E-state index in [2.05, 4.69) is 47.0 Å². The van der Waals surface area contributed by atoms with E-state index >= 15 is 0 Å². The van der Waals surface area contributed by atoms with Crippen molar-refractivity contribution in [2.24, 2.45) is 0 Å². The maximum atomic E-state index is 5.96. The van der Waals surface area contributed by atoms with E-state index in [1.54, 1.807) is 11.3 Å². The van der Waals surface area contributed by atoms with Crippen molar-refractivity contribution in [3.63, 3.8) is 0 Å². The van der Waals surface area contributed by atoms with Gasteiger partial charge in [0, 0.05) is 21.8 Å². The fourth-order valence-electron chi connectivity index (χ4n) is 1.66. The Bertz CT molecular complexity index is 745. The molecule has 0 aliphatic carbocycles. The van der Waals surface area contributed by atoms with E-state index in [4.69, 9.17) is 11.6 Å². The molecule has 108 valence electrons. The van der Waals surface area contributed by atoms with Crippen LogP contribution in [0.2, 0.25) is 5.28 Å². The maximum Gasteiger partial charge on any atom is 0.258 e. The SMILES string of the molecule is CN(Cc1cc(Br)cs1)c1nc(Cl)nc(-n2cncn2)n1. The fourth-order valence-corrected chi connectivity index (χ4v) is 3.31. The Kier molecular flexibility index (Phi) is 4.13. The van der Waals surface area contributed by atoms with Gasteiger partial charge in [-0.1, -0.05) is 0 Å². The van der Waals surface area contributed by atoms with Crippen molar-refractivity contribution in [2.75, 3.05) is 11.9 Å². The minimum absolute atomic E-state index is 0.115. The molecular weight excluding hydrogens is 378 g/mol. The summed E-state index contributed by atoms with van der Waals surface area (Å²) in [5.41, 5.74) is 0. The normalized spacial score (nSPS) is 10.8.